The largest absolute Gasteiger partial charge is 0.491 e. The van der Waals surface area contributed by atoms with Crippen molar-refractivity contribution in [3.63, 3.8) is 0 Å². The van der Waals surface area contributed by atoms with Gasteiger partial charge >= 0.3 is 0 Å². The number of rotatable bonds is 12. The number of benzene rings is 2. The molecule has 3 aliphatic rings. The van der Waals surface area contributed by atoms with Crippen LogP contribution in [0.2, 0.25) is 0 Å². The van der Waals surface area contributed by atoms with Gasteiger partial charge in [0.15, 0.2) is 0 Å². The van der Waals surface area contributed by atoms with Crippen LogP contribution in [0, 0.1) is 0 Å². The maximum atomic E-state index is 6.06. The summed E-state index contributed by atoms with van der Waals surface area (Å²) in [5.74, 6) is 1.85. The van der Waals surface area contributed by atoms with Gasteiger partial charge in [-0.3, -0.25) is 0 Å². The van der Waals surface area contributed by atoms with Gasteiger partial charge < -0.3 is 23.7 Å². The van der Waals surface area contributed by atoms with Gasteiger partial charge in [-0.25, -0.2) is 0 Å². The standard InChI is InChI=1S/C27H32O5/c1-4-5-18-10-20(6-8-25(18)31-16-23-14-29-23)27(2,3)21-7-9-26(32-17-24-15-30-24)19(11-21)12-22-13-28-22/h4,6-11,22-24H,1,5,12-17H2,2-3H3. The molecule has 3 saturated heterocycles. The van der Waals surface area contributed by atoms with E-state index in [0.717, 1.165) is 49.7 Å². The fourth-order valence-corrected chi connectivity index (χ4v) is 3.98. The van der Waals surface area contributed by atoms with Crippen molar-refractivity contribution in [2.24, 2.45) is 0 Å². The highest BCUT2D eigenvalue weighted by molar-refractivity contribution is 5.48. The average Bonchev–Trinajstić information content (AvgIpc) is 3.61. The summed E-state index contributed by atoms with van der Waals surface area (Å²) in [7, 11) is 0. The molecule has 0 bridgehead atoms. The highest BCUT2D eigenvalue weighted by Gasteiger charge is 2.30. The Bertz CT molecular complexity index is 970. The summed E-state index contributed by atoms with van der Waals surface area (Å²) in [4.78, 5) is 0. The molecule has 0 N–H and O–H groups in total. The fourth-order valence-electron chi connectivity index (χ4n) is 3.98. The lowest BCUT2D eigenvalue weighted by Crippen LogP contribution is -2.20. The van der Waals surface area contributed by atoms with Crippen LogP contribution >= 0.6 is 0 Å². The van der Waals surface area contributed by atoms with Crippen LogP contribution < -0.4 is 9.47 Å². The second-order valence-electron chi connectivity index (χ2n) is 9.45. The summed E-state index contributed by atoms with van der Waals surface area (Å²) >= 11 is 0. The molecule has 170 valence electrons. The van der Waals surface area contributed by atoms with E-state index in [0.29, 0.717) is 19.3 Å². The molecule has 0 amide bonds. The second-order valence-corrected chi connectivity index (χ2v) is 9.45. The third kappa shape index (κ3) is 5.17. The van der Waals surface area contributed by atoms with Gasteiger partial charge in [-0.1, -0.05) is 44.2 Å². The molecule has 2 aromatic carbocycles. The zero-order chi connectivity index (χ0) is 22.1. The first kappa shape index (κ1) is 21.5. The SMILES string of the molecule is C=CCc1cc(C(C)(C)c2ccc(OCC3CO3)c(CC3CO3)c2)ccc1OCC1CO1. The summed E-state index contributed by atoms with van der Waals surface area (Å²) in [6.45, 7) is 12.1. The van der Waals surface area contributed by atoms with Crippen molar-refractivity contribution in [3.8, 4) is 11.5 Å². The molecule has 0 aliphatic carbocycles. The van der Waals surface area contributed by atoms with Gasteiger partial charge in [0.05, 0.1) is 25.9 Å². The first-order chi connectivity index (χ1) is 15.5. The predicted octanol–water partition coefficient (Wildman–Crippen LogP) is 4.24. The molecule has 0 radical (unpaired) electrons. The van der Waals surface area contributed by atoms with Crippen molar-refractivity contribution in [3.05, 3.63) is 71.3 Å². The molecular weight excluding hydrogens is 404 g/mol. The molecule has 5 rings (SSSR count). The quantitative estimate of drug-likeness (QED) is 0.368. The zero-order valence-corrected chi connectivity index (χ0v) is 19.0. The second kappa shape index (κ2) is 8.89. The van der Waals surface area contributed by atoms with Crippen LogP contribution in [-0.2, 0) is 32.5 Å². The summed E-state index contributed by atoms with van der Waals surface area (Å²) in [6.07, 6.45) is 4.36. The number of hydrogen-bond donors (Lipinski definition) is 0. The molecule has 0 aromatic heterocycles. The van der Waals surface area contributed by atoms with Gasteiger partial charge in [-0.05, 0) is 40.8 Å². The van der Waals surface area contributed by atoms with E-state index in [-0.39, 0.29) is 17.6 Å². The first-order valence-corrected chi connectivity index (χ1v) is 11.5. The summed E-state index contributed by atoms with van der Waals surface area (Å²) in [5.41, 5.74) is 4.69. The summed E-state index contributed by atoms with van der Waals surface area (Å²) in [5, 5.41) is 0. The molecule has 0 saturated carbocycles. The van der Waals surface area contributed by atoms with Crippen molar-refractivity contribution >= 4 is 0 Å². The number of hydrogen-bond acceptors (Lipinski definition) is 5. The summed E-state index contributed by atoms with van der Waals surface area (Å²) < 4.78 is 28.2. The Morgan fingerprint density at radius 1 is 0.844 bits per heavy atom. The molecule has 3 unspecified atom stereocenters. The lowest BCUT2D eigenvalue weighted by Gasteiger charge is -2.28. The van der Waals surface area contributed by atoms with Crippen molar-refractivity contribution in [2.45, 2.75) is 50.4 Å². The Morgan fingerprint density at radius 2 is 1.34 bits per heavy atom. The number of allylic oxidation sites excluding steroid dienone is 1. The van der Waals surface area contributed by atoms with Gasteiger partial charge in [0.1, 0.15) is 36.9 Å². The molecule has 3 aliphatic heterocycles. The molecule has 2 aromatic rings. The summed E-state index contributed by atoms with van der Waals surface area (Å²) in [6, 6.07) is 13.1. The molecule has 5 heteroatoms. The third-order valence-electron chi connectivity index (χ3n) is 6.43. The van der Waals surface area contributed by atoms with Crippen molar-refractivity contribution in [2.75, 3.05) is 33.0 Å². The Balaban J connectivity index is 1.40. The minimum absolute atomic E-state index is 0.175. The lowest BCUT2D eigenvalue weighted by molar-refractivity contribution is 0.260. The maximum Gasteiger partial charge on any atom is 0.122 e. The van der Waals surface area contributed by atoms with Crippen LogP contribution in [0.25, 0.3) is 0 Å². The van der Waals surface area contributed by atoms with Gasteiger partial charge in [-0.15, -0.1) is 6.58 Å². The van der Waals surface area contributed by atoms with E-state index in [1.165, 1.54) is 16.7 Å². The topological polar surface area (TPSA) is 56.0 Å². The van der Waals surface area contributed by atoms with Crippen LogP contribution in [-0.4, -0.2) is 51.3 Å². The van der Waals surface area contributed by atoms with Crippen LogP contribution in [0.3, 0.4) is 0 Å². The fraction of sp³-hybridized carbons (Fsp3) is 0.481. The third-order valence-corrected chi connectivity index (χ3v) is 6.43. The highest BCUT2D eigenvalue weighted by atomic mass is 16.6. The van der Waals surface area contributed by atoms with Crippen LogP contribution in [0.5, 0.6) is 11.5 Å². The van der Waals surface area contributed by atoms with E-state index in [9.17, 15) is 0 Å². The monoisotopic (exact) mass is 436 g/mol. The van der Waals surface area contributed by atoms with E-state index in [2.05, 4.69) is 56.8 Å². The number of epoxide rings is 3. The molecule has 5 nitrogen and oxygen atoms in total. The van der Waals surface area contributed by atoms with Crippen molar-refractivity contribution < 1.29 is 23.7 Å². The van der Waals surface area contributed by atoms with Gasteiger partial charge in [-0.2, -0.15) is 0 Å². The minimum atomic E-state index is -0.175. The maximum absolute atomic E-state index is 6.06. The smallest absolute Gasteiger partial charge is 0.122 e. The van der Waals surface area contributed by atoms with E-state index in [4.69, 9.17) is 23.7 Å². The van der Waals surface area contributed by atoms with Crippen LogP contribution in [0.15, 0.2) is 49.1 Å². The normalized spacial score (nSPS) is 23.5. The lowest BCUT2D eigenvalue weighted by atomic mass is 9.76. The number of ether oxygens (including phenoxy) is 5. The van der Waals surface area contributed by atoms with Crippen molar-refractivity contribution in [1.29, 1.82) is 0 Å². The molecule has 3 heterocycles. The average molecular weight is 437 g/mol. The molecule has 3 fully saturated rings. The van der Waals surface area contributed by atoms with E-state index in [1.807, 2.05) is 6.08 Å². The van der Waals surface area contributed by atoms with Gasteiger partial charge in [0.2, 0.25) is 0 Å². The van der Waals surface area contributed by atoms with E-state index >= 15 is 0 Å². The Hall–Kier alpha value is -2.34. The van der Waals surface area contributed by atoms with Gasteiger partial charge in [0.25, 0.3) is 0 Å². The van der Waals surface area contributed by atoms with E-state index in [1.54, 1.807) is 0 Å². The molecule has 3 atom stereocenters. The first-order valence-electron chi connectivity index (χ1n) is 11.5. The van der Waals surface area contributed by atoms with Crippen LogP contribution in [0.1, 0.15) is 36.1 Å². The Labute approximate surface area is 190 Å². The highest BCUT2D eigenvalue weighted by Crippen LogP contribution is 2.37. The van der Waals surface area contributed by atoms with E-state index < -0.39 is 0 Å². The predicted molar refractivity (Wildman–Crippen MR) is 123 cm³/mol. The minimum Gasteiger partial charge on any atom is -0.491 e. The Morgan fingerprint density at radius 3 is 1.84 bits per heavy atom. The Kier molecular flexibility index (Phi) is 5.97. The zero-order valence-electron chi connectivity index (χ0n) is 19.0. The molecule has 0 spiro atoms. The molecular formula is C27H32O5. The van der Waals surface area contributed by atoms with Crippen LogP contribution in [0.4, 0.5) is 0 Å². The van der Waals surface area contributed by atoms with Crippen molar-refractivity contribution in [1.82, 2.24) is 0 Å². The van der Waals surface area contributed by atoms with Gasteiger partial charge in [0, 0.05) is 11.8 Å². The molecule has 32 heavy (non-hydrogen) atoms.